The molecule has 3 nitrogen and oxygen atoms in total. The third kappa shape index (κ3) is 2.49. The van der Waals surface area contributed by atoms with E-state index in [0.717, 1.165) is 18.7 Å². The SMILES string of the molecule is CC1CCN(c2cccc(F)c2[C@@H](C)N)CC1O. The van der Waals surface area contributed by atoms with Gasteiger partial charge in [-0.3, -0.25) is 0 Å². The van der Waals surface area contributed by atoms with Gasteiger partial charge < -0.3 is 15.7 Å². The standard InChI is InChI=1S/C14H21FN2O/c1-9-6-7-17(8-13(9)18)12-5-3-4-11(15)14(12)10(2)16/h3-5,9-10,13,18H,6-8,16H2,1-2H3/t9?,10-,13?/m1/s1. The van der Waals surface area contributed by atoms with Crippen LogP contribution in [0, 0.1) is 11.7 Å². The summed E-state index contributed by atoms with van der Waals surface area (Å²) in [6.45, 7) is 5.21. The number of rotatable bonds is 2. The number of nitrogens with zero attached hydrogens (tertiary/aromatic N) is 1. The van der Waals surface area contributed by atoms with Gasteiger partial charge in [-0.05, 0) is 31.4 Å². The van der Waals surface area contributed by atoms with Gasteiger partial charge in [-0.25, -0.2) is 4.39 Å². The molecule has 3 N–H and O–H groups in total. The van der Waals surface area contributed by atoms with Crippen molar-refractivity contribution in [3.63, 3.8) is 0 Å². The molecule has 0 aromatic heterocycles. The number of anilines is 1. The van der Waals surface area contributed by atoms with E-state index in [1.807, 2.05) is 17.9 Å². The number of aliphatic hydroxyl groups excluding tert-OH is 1. The highest BCUT2D eigenvalue weighted by atomic mass is 19.1. The van der Waals surface area contributed by atoms with Gasteiger partial charge in [-0.1, -0.05) is 13.0 Å². The van der Waals surface area contributed by atoms with Crippen molar-refractivity contribution in [1.82, 2.24) is 0 Å². The monoisotopic (exact) mass is 252 g/mol. The minimum Gasteiger partial charge on any atom is -0.391 e. The van der Waals surface area contributed by atoms with Gasteiger partial charge in [0.25, 0.3) is 0 Å². The van der Waals surface area contributed by atoms with Crippen molar-refractivity contribution in [2.45, 2.75) is 32.4 Å². The number of hydrogen-bond donors (Lipinski definition) is 2. The maximum atomic E-state index is 13.9. The average Bonchev–Trinajstić information content (AvgIpc) is 2.32. The molecule has 1 fully saturated rings. The molecular formula is C14H21FN2O. The van der Waals surface area contributed by atoms with Crippen LogP contribution in [0.25, 0.3) is 0 Å². The second kappa shape index (κ2) is 5.24. The number of nitrogens with two attached hydrogens (primary N) is 1. The summed E-state index contributed by atoms with van der Waals surface area (Å²) in [7, 11) is 0. The zero-order valence-electron chi connectivity index (χ0n) is 10.9. The first-order valence-electron chi connectivity index (χ1n) is 6.47. The first-order chi connectivity index (χ1) is 8.50. The summed E-state index contributed by atoms with van der Waals surface area (Å²) in [5.74, 6) is 0.0316. The quantitative estimate of drug-likeness (QED) is 0.847. The molecule has 2 unspecified atom stereocenters. The van der Waals surface area contributed by atoms with Gasteiger partial charge in [0, 0.05) is 30.4 Å². The van der Waals surface area contributed by atoms with E-state index < -0.39 is 0 Å². The minimum absolute atomic E-state index is 0.268. The molecule has 1 aromatic rings. The van der Waals surface area contributed by atoms with E-state index in [9.17, 15) is 9.50 Å². The summed E-state index contributed by atoms with van der Waals surface area (Å²) in [5, 5.41) is 9.94. The fourth-order valence-corrected chi connectivity index (χ4v) is 2.52. The number of β-amino-alcohol motifs (C(OH)–C–C–N with tert-alkyl or cyclic N) is 1. The van der Waals surface area contributed by atoms with Crippen LogP contribution in [0.15, 0.2) is 18.2 Å². The lowest BCUT2D eigenvalue weighted by Gasteiger charge is -2.37. The smallest absolute Gasteiger partial charge is 0.130 e. The third-order valence-electron chi connectivity index (χ3n) is 3.74. The number of halogens is 1. The predicted octanol–water partition coefficient (Wildman–Crippen LogP) is 2.05. The Labute approximate surface area is 107 Å². The van der Waals surface area contributed by atoms with Crippen LogP contribution < -0.4 is 10.6 Å². The van der Waals surface area contributed by atoms with Crippen LogP contribution in [-0.4, -0.2) is 24.3 Å². The first-order valence-corrected chi connectivity index (χ1v) is 6.47. The van der Waals surface area contributed by atoms with Crippen LogP contribution in [0.5, 0.6) is 0 Å². The van der Waals surface area contributed by atoms with Crippen molar-refractivity contribution < 1.29 is 9.50 Å². The summed E-state index contributed by atoms with van der Waals surface area (Å²) >= 11 is 0. The lowest BCUT2D eigenvalue weighted by Crippen LogP contribution is -2.43. The Bertz CT molecular complexity index is 422. The molecule has 1 aliphatic heterocycles. The molecule has 1 aromatic carbocycles. The van der Waals surface area contributed by atoms with Gasteiger partial charge in [0.1, 0.15) is 5.82 Å². The molecule has 1 saturated heterocycles. The predicted molar refractivity (Wildman–Crippen MR) is 71.0 cm³/mol. The molecule has 2 rings (SSSR count). The molecule has 0 bridgehead atoms. The van der Waals surface area contributed by atoms with E-state index in [1.165, 1.54) is 6.07 Å². The Morgan fingerprint density at radius 2 is 2.22 bits per heavy atom. The van der Waals surface area contributed by atoms with E-state index in [4.69, 9.17) is 5.73 Å². The summed E-state index contributed by atoms with van der Waals surface area (Å²) in [6, 6.07) is 4.66. The van der Waals surface area contributed by atoms with Gasteiger partial charge in [0.15, 0.2) is 0 Å². The Morgan fingerprint density at radius 3 is 2.83 bits per heavy atom. The number of benzene rings is 1. The number of aliphatic hydroxyl groups is 1. The Kier molecular flexibility index (Phi) is 3.88. The zero-order valence-corrected chi connectivity index (χ0v) is 10.9. The topological polar surface area (TPSA) is 49.5 Å². The highest BCUT2D eigenvalue weighted by Gasteiger charge is 2.26. The first kappa shape index (κ1) is 13.3. The molecule has 0 saturated carbocycles. The average molecular weight is 252 g/mol. The molecule has 4 heteroatoms. The highest BCUT2D eigenvalue weighted by Crippen LogP contribution is 2.31. The van der Waals surface area contributed by atoms with Crippen LogP contribution in [0.4, 0.5) is 10.1 Å². The van der Waals surface area contributed by atoms with Crippen molar-refractivity contribution in [1.29, 1.82) is 0 Å². The van der Waals surface area contributed by atoms with Gasteiger partial charge in [0.2, 0.25) is 0 Å². The summed E-state index contributed by atoms with van der Waals surface area (Å²) in [5.41, 5.74) is 7.21. The van der Waals surface area contributed by atoms with Crippen molar-refractivity contribution >= 4 is 5.69 Å². The molecule has 0 radical (unpaired) electrons. The van der Waals surface area contributed by atoms with Crippen molar-refractivity contribution in [3.05, 3.63) is 29.6 Å². The second-order valence-corrected chi connectivity index (χ2v) is 5.24. The normalized spacial score (nSPS) is 26.2. The molecule has 1 heterocycles. The lowest BCUT2D eigenvalue weighted by molar-refractivity contribution is 0.103. The van der Waals surface area contributed by atoms with Crippen LogP contribution in [0.3, 0.4) is 0 Å². The Morgan fingerprint density at radius 1 is 1.50 bits per heavy atom. The summed E-state index contributed by atoms with van der Waals surface area (Å²) < 4.78 is 13.9. The minimum atomic E-state index is -0.358. The van der Waals surface area contributed by atoms with Crippen molar-refractivity contribution in [2.24, 2.45) is 11.7 Å². The zero-order chi connectivity index (χ0) is 13.3. The maximum Gasteiger partial charge on any atom is 0.130 e. The van der Waals surface area contributed by atoms with E-state index in [2.05, 4.69) is 0 Å². The van der Waals surface area contributed by atoms with Crippen LogP contribution in [-0.2, 0) is 0 Å². The van der Waals surface area contributed by atoms with Crippen molar-refractivity contribution in [3.8, 4) is 0 Å². The molecule has 0 aliphatic carbocycles. The van der Waals surface area contributed by atoms with Gasteiger partial charge in [-0.2, -0.15) is 0 Å². The molecule has 0 amide bonds. The molecule has 100 valence electrons. The van der Waals surface area contributed by atoms with E-state index in [0.29, 0.717) is 18.0 Å². The van der Waals surface area contributed by atoms with E-state index in [-0.39, 0.29) is 18.0 Å². The fourth-order valence-electron chi connectivity index (χ4n) is 2.52. The summed E-state index contributed by atoms with van der Waals surface area (Å²) in [6.07, 6.45) is 0.554. The number of hydrogen-bond acceptors (Lipinski definition) is 3. The third-order valence-corrected chi connectivity index (χ3v) is 3.74. The Hall–Kier alpha value is -1.13. The summed E-state index contributed by atoms with van der Waals surface area (Å²) in [4.78, 5) is 2.03. The fraction of sp³-hybridized carbons (Fsp3) is 0.571. The van der Waals surface area contributed by atoms with Crippen LogP contribution in [0.2, 0.25) is 0 Å². The van der Waals surface area contributed by atoms with Gasteiger partial charge >= 0.3 is 0 Å². The second-order valence-electron chi connectivity index (χ2n) is 5.24. The molecule has 3 atom stereocenters. The number of piperidine rings is 1. The van der Waals surface area contributed by atoms with Gasteiger partial charge in [-0.15, -0.1) is 0 Å². The molecular weight excluding hydrogens is 231 g/mol. The van der Waals surface area contributed by atoms with E-state index >= 15 is 0 Å². The largest absolute Gasteiger partial charge is 0.391 e. The maximum absolute atomic E-state index is 13.9. The Balaban J connectivity index is 2.31. The van der Waals surface area contributed by atoms with Crippen molar-refractivity contribution in [2.75, 3.05) is 18.0 Å². The molecule has 18 heavy (non-hydrogen) atoms. The van der Waals surface area contributed by atoms with E-state index in [1.54, 1.807) is 13.0 Å². The van der Waals surface area contributed by atoms with Gasteiger partial charge in [0.05, 0.1) is 6.10 Å². The van der Waals surface area contributed by atoms with Crippen LogP contribution in [0.1, 0.15) is 31.9 Å². The molecule has 0 spiro atoms. The van der Waals surface area contributed by atoms with Crippen LogP contribution >= 0.6 is 0 Å². The lowest BCUT2D eigenvalue weighted by atomic mass is 9.94. The molecule has 1 aliphatic rings. The highest BCUT2D eigenvalue weighted by molar-refractivity contribution is 5.56.